The Morgan fingerprint density at radius 1 is 1.05 bits per heavy atom. The maximum absolute atomic E-state index is 10.1. The van der Waals surface area contributed by atoms with Crippen molar-refractivity contribution < 1.29 is 19.0 Å². The van der Waals surface area contributed by atoms with E-state index in [1.807, 2.05) is 31.2 Å². The highest BCUT2D eigenvalue weighted by atomic mass is 32.2. The Labute approximate surface area is 218 Å². The van der Waals surface area contributed by atoms with Crippen molar-refractivity contribution in [3.63, 3.8) is 0 Å². The number of methoxy groups -OCH3 is 1. The number of aliphatic hydroxyl groups excluding tert-OH is 1. The molecule has 2 aromatic heterocycles. The largest absolute Gasteiger partial charge is 0.496 e. The lowest BCUT2D eigenvalue weighted by Gasteiger charge is -2.13. The first-order valence-electron chi connectivity index (χ1n) is 11.2. The number of oxazole rings is 1. The molecular weight excluding hydrogens is 490 g/mol. The van der Waals surface area contributed by atoms with E-state index in [0.29, 0.717) is 50.7 Å². The van der Waals surface area contributed by atoms with Crippen molar-refractivity contribution in [2.24, 2.45) is 0 Å². The normalized spacial score (nSPS) is 10.5. The SMILES string of the molecule is COc1ccccc1-c1nc(CSc2nc(N)c(C#N)c(-c3ccc(OCCO)cc3)c2C#N)c(C)o1. The third-order valence-corrected chi connectivity index (χ3v) is 6.48. The summed E-state index contributed by atoms with van der Waals surface area (Å²) in [7, 11) is 1.59. The molecule has 10 heteroatoms. The van der Waals surface area contributed by atoms with Crippen LogP contribution in [0.4, 0.5) is 5.82 Å². The predicted molar refractivity (Wildman–Crippen MR) is 139 cm³/mol. The minimum atomic E-state index is -0.105. The van der Waals surface area contributed by atoms with E-state index in [1.54, 1.807) is 31.4 Å². The van der Waals surface area contributed by atoms with Crippen LogP contribution in [0.25, 0.3) is 22.6 Å². The van der Waals surface area contributed by atoms with Gasteiger partial charge in [-0.25, -0.2) is 9.97 Å². The monoisotopic (exact) mass is 513 g/mol. The first-order chi connectivity index (χ1) is 18.0. The van der Waals surface area contributed by atoms with Gasteiger partial charge >= 0.3 is 0 Å². The van der Waals surface area contributed by atoms with Crippen LogP contribution in [0, 0.1) is 29.6 Å². The molecule has 37 heavy (non-hydrogen) atoms. The lowest BCUT2D eigenvalue weighted by Crippen LogP contribution is -2.04. The summed E-state index contributed by atoms with van der Waals surface area (Å²) in [5, 5.41) is 29.2. The number of aliphatic hydroxyl groups is 1. The average molecular weight is 514 g/mol. The molecule has 0 amide bonds. The highest BCUT2D eigenvalue weighted by molar-refractivity contribution is 7.98. The number of hydrogen-bond donors (Lipinski definition) is 2. The summed E-state index contributed by atoms with van der Waals surface area (Å²) < 4.78 is 16.7. The van der Waals surface area contributed by atoms with Crippen LogP contribution in [0.5, 0.6) is 11.5 Å². The maximum Gasteiger partial charge on any atom is 0.230 e. The highest BCUT2D eigenvalue weighted by Crippen LogP contribution is 2.38. The van der Waals surface area contributed by atoms with E-state index in [4.69, 9.17) is 24.7 Å². The van der Waals surface area contributed by atoms with E-state index in [-0.39, 0.29) is 30.2 Å². The number of aromatic nitrogens is 2. The Balaban J connectivity index is 1.67. The molecule has 2 aromatic carbocycles. The van der Waals surface area contributed by atoms with Gasteiger partial charge < -0.3 is 24.7 Å². The van der Waals surface area contributed by atoms with Gasteiger partial charge in [0.25, 0.3) is 0 Å². The van der Waals surface area contributed by atoms with Crippen LogP contribution in [0.3, 0.4) is 0 Å². The molecule has 0 atom stereocenters. The fourth-order valence-electron chi connectivity index (χ4n) is 3.71. The van der Waals surface area contributed by atoms with Crippen LogP contribution in [0.2, 0.25) is 0 Å². The van der Waals surface area contributed by atoms with Crippen molar-refractivity contribution in [2.75, 3.05) is 26.1 Å². The summed E-state index contributed by atoms with van der Waals surface area (Å²) in [5.41, 5.74) is 8.96. The molecule has 0 saturated heterocycles. The Bertz CT molecular complexity index is 1500. The number of ether oxygens (including phenoxy) is 2. The van der Waals surface area contributed by atoms with Crippen LogP contribution in [0.1, 0.15) is 22.6 Å². The zero-order chi connectivity index (χ0) is 26.4. The third kappa shape index (κ3) is 5.36. The number of rotatable bonds is 9. The minimum Gasteiger partial charge on any atom is -0.496 e. The van der Waals surface area contributed by atoms with Crippen LogP contribution >= 0.6 is 11.8 Å². The fraction of sp³-hybridized carbons (Fsp3) is 0.185. The molecule has 186 valence electrons. The Kier molecular flexibility index (Phi) is 7.94. The van der Waals surface area contributed by atoms with Crippen molar-refractivity contribution in [3.8, 4) is 46.2 Å². The van der Waals surface area contributed by atoms with Gasteiger partial charge in [-0.15, -0.1) is 0 Å². The number of benzene rings is 2. The van der Waals surface area contributed by atoms with Gasteiger partial charge in [0.15, 0.2) is 0 Å². The van der Waals surface area contributed by atoms with E-state index in [1.165, 1.54) is 11.8 Å². The second-order valence-corrected chi connectivity index (χ2v) is 8.72. The average Bonchev–Trinajstić information content (AvgIpc) is 3.30. The standard InChI is InChI=1S/C27H23N5O4S/c1-16-22(31-26(36-16)19-5-3-4-6-23(19)34-2)15-37-27-21(14-29)24(20(13-28)25(30)32-27)17-7-9-18(10-8-17)35-12-11-33/h3-10,33H,11-12,15H2,1-2H3,(H2,30,32). The van der Waals surface area contributed by atoms with E-state index in [2.05, 4.69) is 22.1 Å². The smallest absolute Gasteiger partial charge is 0.230 e. The summed E-state index contributed by atoms with van der Waals surface area (Å²) >= 11 is 1.28. The molecule has 0 saturated carbocycles. The molecule has 0 fully saturated rings. The number of aryl methyl sites for hydroxylation is 1. The molecule has 0 aliphatic carbocycles. The summed E-state index contributed by atoms with van der Waals surface area (Å²) in [6, 6.07) is 18.6. The Morgan fingerprint density at radius 3 is 2.46 bits per heavy atom. The molecule has 4 aromatic rings. The van der Waals surface area contributed by atoms with Crippen molar-refractivity contribution in [1.29, 1.82) is 10.5 Å². The summed E-state index contributed by atoms with van der Waals surface area (Å²) in [6.45, 7) is 1.88. The van der Waals surface area contributed by atoms with Gasteiger partial charge in [-0.1, -0.05) is 36.0 Å². The van der Waals surface area contributed by atoms with Crippen molar-refractivity contribution >= 4 is 17.6 Å². The Morgan fingerprint density at radius 2 is 1.78 bits per heavy atom. The van der Waals surface area contributed by atoms with Crippen molar-refractivity contribution in [1.82, 2.24) is 9.97 Å². The zero-order valence-electron chi connectivity index (χ0n) is 20.2. The van der Waals surface area contributed by atoms with Gasteiger partial charge in [0.05, 0.1) is 30.5 Å². The van der Waals surface area contributed by atoms with E-state index >= 15 is 0 Å². The van der Waals surface area contributed by atoms with Gasteiger partial charge in [-0.2, -0.15) is 10.5 Å². The molecule has 4 rings (SSSR count). The van der Waals surface area contributed by atoms with E-state index in [0.717, 1.165) is 5.56 Å². The molecule has 0 aliphatic heterocycles. The van der Waals surface area contributed by atoms with Gasteiger partial charge in [-0.3, -0.25) is 0 Å². The topological polar surface area (TPSA) is 151 Å². The van der Waals surface area contributed by atoms with E-state index in [9.17, 15) is 10.5 Å². The van der Waals surface area contributed by atoms with Crippen LogP contribution < -0.4 is 15.2 Å². The second kappa shape index (κ2) is 11.5. The summed E-state index contributed by atoms with van der Waals surface area (Å²) in [4.78, 5) is 9.00. The number of pyridine rings is 1. The van der Waals surface area contributed by atoms with Gasteiger partial charge in [0.1, 0.15) is 52.4 Å². The fourth-order valence-corrected chi connectivity index (χ4v) is 4.70. The number of hydrogen-bond acceptors (Lipinski definition) is 10. The molecule has 0 bridgehead atoms. The molecule has 0 spiro atoms. The van der Waals surface area contributed by atoms with Crippen LogP contribution in [-0.4, -0.2) is 35.4 Å². The molecular formula is C27H23N5O4S. The van der Waals surface area contributed by atoms with Crippen molar-refractivity contribution in [2.45, 2.75) is 17.7 Å². The molecule has 0 unspecified atom stereocenters. The van der Waals surface area contributed by atoms with Gasteiger partial charge in [0, 0.05) is 11.3 Å². The van der Waals surface area contributed by atoms with Gasteiger partial charge in [-0.05, 0) is 36.8 Å². The number of nitrogens with two attached hydrogens (primary N) is 1. The quantitative estimate of drug-likeness (QED) is 0.301. The van der Waals surface area contributed by atoms with Crippen LogP contribution in [-0.2, 0) is 5.75 Å². The summed E-state index contributed by atoms with van der Waals surface area (Å²) in [6.07, 6.45) is 0. The van der Waals surface area contributed by atoms with Gasteiger partial charge in [0.2, 0.25) is 5.89 Å². The van der Waals surface area contributed by atoms with E-state index < -0.39 is 0 Å². The number of thioether (sulfide) groups is 1. The third-order valence-electron chi connectivity index (χ3n) is 5.49. The molecule has 0 aliphatic rings. The van der Waals surface area contributed by atoms with Crippen LogP contribution in [0.15, 0.2) is 58.0 Å². The zero-order valence-corrected chi connectivity index (χ0v) is 21.0. The lowest BCUT2D eigenvalue weighted by atomic mass is 9.97. The number of nitrogens with zero attached hydrogens (tertiary/aromatic N) is 4. The second-order valence-electron chi connectivity index (χ2n) is 7.76. The molecule has 0 radical (unpaired) electrons. The first-order valence-corrected chi connectivity index (χ1v) is 12.2. The number of anilines is 1. The Hall–Kier alpha value is -4.51. The van der Waals surface area contributed by atoms with Crippen molar-refractivity contribution in [3.05, 3.63) is 71.1 Å². The molecule has 9 nitrogen and oxygen atoms in total. The highest BCUT2D eigenvalue weighted by Gasteiger charge is 2.22. The molecule has 3 N–H and O–H groups in total. The lowest BCUT2D eigenvalue weighted by molar-refractivity contribution is 0.201. The summed E-state index contributed by atoms with van der Waals surface area (Å²) in [5.74, 6) is 2.67. The maximum atomic E-state index is 10.1. The first kappa shape index (κ1) is 25.6. The predicted octanol–water partition coefficient (Wildman–Crippen LogP) is 4.71. The number of nitriles is 2. The molecule has 2 heterocycles. The number of nitrogen functional groups attached to an aromatic ring is 1. The number of para-hydroxylation sites is 1. The minimum absolute atomic E-state index is 0.0335.